The molecule has 2 rings (SSSR count). The summed E-state index contributed by atoms with van der Waals surface area (Å²) in [5, 5.41) is 9.95. The molecule has 18 heavy (non-hydrogen) atoms. The van der Waals surface area contributed by atoms with Crippen molar-refractivity contribution in [3.05, 3.63) is 40.9 Å². The van der Waals surface area contributed by atoms with Gasteiger partial charge in [0.15, 0.2) is 0 Å². The maximum Gasteiger partial charge on any atom is 0.416 e. The normalized spacial score (nSPS) is 13.6. The molecule has 1 atom stereocenters. The minimum atomic E-state index is -4.33. The van der Waals surface area contributed by atoms with Crippen molar-refractivity contribution in [2.45, 2.75) is 19.2 Å². The van der Waals surface area contributed by atoms with Crippen molar-refractivity contribution in [1.29, 1.82) is 0 Å². The second kappa shape index (κ2) is 4.70. The average molecular weight is 273 g/mol. The average Bonchev–Trinajstić information content (AvgIpc) is 2.77. The topological polar surface area (TPSA) is 33.1 Å². The van der Waals surface area contributed by atoms with Gasteiger partial charge in [-0.05, 0) is 19.1 Å². The van der Waals surface area contributed by atoms with Crippen LogP contribution in [0.15, 0.2) is 30.5 Å². The van der Waals surface area contributed by atoms with E-state index in [4.69, 9.17) is 0 Å². The molecule has 0 unspecified atom stereocenters. The van der Waals surface area contributed by atoms with Crippen LogP contribution in [0.3, 0.4) is 0 Å². The number of aromatic nitrogens is 1. The van der Waals surface area contributed by atoms with E-state index in [-0.39, 0.29) is 0 Å². The van der Waals surface area contributed by atoms with Crippen LogP contribution in [-0.2, 0) is 6.18 Å². The summed E-state index contributed by atoms with van der Waals surface area (Å²) in [6.07, 6.45) is -3.42. The van der Waals surface area contributed by atoms with Gasteiger partial charge in [-0.15, -0.1) is 11.3 Å². The molecule has 1 heterocycles. The molecule has 6 heteroatoms. The first-order valence-corrected chi connectivity index (χ1v) is 6.01. The van der Waals surface area contributed by atoms with Crippen LogP contribution in [0.1, 0.15) is 23.5 Å². The number of alkyl halides is 3. The third kappa shape index (κ3) is 2.70. The Morgan fingerprint density at radius 1 is 1.22 bits per heavy atom. The smallest absolute Gasteiger partial charge is 0.388 e. The third-order valence-electron chi connectivity index (χ3n) is 2.39. The lowest BCUT2D eigenvalue weighted by Crippen LogP contribution is -2.03. The molecular weight excluding hydrogens is 263 g/mol. The van der Waals surface area contributed by atoms with E-state index in [1.807, 2.05) is 0 Å². The lowest BCUT2D eigenvalue weighted by Gasteiger charge is -2.06. The van der Waals surface area contributed by atoms with Gasteiger partial charge in [-0.3, -0.25) is 0 Å². The van der Waals surface area contributed by atoms with Crippen molar-refractivity contribution < 1.29 is 18.3 Å². The summed E-state index contributed by atoms with van der Waals surface area (Å²) >= 11 is 1.27. The number of aliphatic hydroxyl groups excluding tert-OH is 1. The molecule has 2 aromatic rings. The Labute approximate surface area is 106 Å². The molecule has 0 radical (unpaired) electrons. The van der Waals surface area contributed by atoms with E-state index in [9.17, 15) is 18.3 Å². The fourth-order valence-corrected chi connectivity index (χ4v) is 2.27. The van der Waals surface area contributed by atoms with E-state index in [0.717, 1.165) is 12.1 Å². The van der Waals surface area contributed by atoms with Crippen molar-refractivity contribution in [2.75, 3.05) is 0 Å². The molecule has 0 aliphatic rings. The van der Waals surface area contributed by atoms with Crippen molar-refractivity contribution in [2.24, 2.45) is 0 Å². The van der Waals surface area contributed by atoms with Crippen molar-refractivity contribution in [1.82, 2.24) is 4.98 Å². The molecule has 1 aromatic carbocycles. The molecule has 0 saturated carbocycles. The lowest BCUT2D eigenvalue weighted by atomic mass is 10.1. The van der Waals surface area contributed by atoms with Gasteiger partial charge in [0.1, 0.15) is 5.01 Å². The van der Waals surface area contributed by atoms with Gasteiger partial charge in [-0.2, -0.15) is 13.2 Å². The molecule has 0 aliphatic heterocycles. The van der Waals surface area contributed by atoms with E-state index in [1.165, 1.54) is 29.7 Å². The van der Waals surface area contributed by atoms with Gasteiger partial charge in [0, 0.05) is 11.8 Å². The van der Waals surface area contributed by atoms with Crippen LogP contribution >= 0.6 is 11.3 Å². The Bertz CT molecular complexity index is 531. The van der Waals surface area contributed by atoms with Gasteiger partial charge in [0.05, 0.1) is 16.5 Å². The van der Waals surface area contributed by atoms with Crippen molar-refractivity contribution >= 4 is 11.3 Å². The van der Waals surface area contributed by atoms with Gasteiger partial charge in [-0.1, -0.05) is 12.1 Å². The van der Waals surface area contributed by atoms with E-state index < -0.39 is 17.8 Å². The van der Waals surface area contributed by atoms with Gasteiger partial charge >= 0.3 is 6.18 Å². The molecule has 0 spiro atoms. The molecule has 0 amide bonds. The number of nitrogens with zero attached hydrogens (tertiary/aromatic N) is 1. The predicted molar refractivity (Wildman–Crippen MR) is 63.2 cm³/mol. The maximum absolute atomic E-state index is 12.4. The van der Waals surface area contributed by atoms with Crippen LogP contribution in [0.5, 0.6) is 0 Å². The van der Waals surface area contributed by atoms with Gasteiger partial charge in [0.25, 0.3) is 0 Å². The summed E-state index contributed by atoms with van der Waals surface area (Å²) < 4.78 is 37.2. The fourth-order valence-electron chi connectivity index (χ4n) is 1.41. The summed E-state index contributed by atoms with van der Waals surface area (Å²) in [4.78, 5) is 4.76. The van der Waals surface area contributed by atoms with Gasteiger partial charge in [0.2, 0.25) is 0 Å². The minimum Gasteiger partial charge on any atom is -0.388 e. The van der Waals surface area contributed by atoms with Gasteiger partial charge < -0.3 is 5.11 Å². The summed E-state index contributed by atoms with van der Waals surface area (Å²) in [5.74, 6) is 0. The zero-order valence-corrected chi connectivity index (χ0v) is 10.2. The Hall–Kier alpha value is -1.40. The summed E-state index contributed by atoms with van der Waals surface area (Å²) in [7, 11) is 0. The number of thiazole rings is 1. The van der Waals surface area contributed by atoms with Crippen molar-refractivity contribution in [3.63, 3.8) is 0 Å². The maximum atomic E-state index is 12.4. The van der Waals surface area contributed by atoms with Crippen LogP contribution < -0.4 is 0 Å². The van der Waals surface area contributed by atoms with Crippen LogP contribution in [0, 0.1) is 0 Å². The molecule has 2 nitrogen and oxygen atoms in total. The van der Waals surface area contributed by atoms with Crippen LogP contribution in [0.4, 0.5) is 13.2 Å². The largest absolute Gasteiger partial charge is 0.416 e. The zero-order valence-electron chi connectivity index (χ0n) is 9.40. The first kappa shape index (κ1) is 13.0. The fraction of sp³-hybridized carbons (Fsp3) is 0.250. The predicted octanol–water partition coefficient (Wildman–Crippen LogP) is 3.88. The second-order valence-electron chi connectivity index (χ2n) is 3.82. The molecular formula is C12H10F3NOS. The highest BCUT2D eigenvalue weighted by Gasteiger charge is 2.30. The van der Waals surface area contributed by atoms with Crippen molar-refractivity contribution in [3.8, 4) is 10.6 Å². The van der Waals surface area contributed by atoms with E-state index in [0.29, 0.717) is 15.4 Å². The second-order valence-corrected chi connectivity index (χ2v) is 4.88. The minimum absolute atomic E-state index is 0.597. The number of benzene rings is 1. The van der Waals surface area contributed by atoms with E-state index in [2.05, 4.69) is 4.98 Å². The van der Waals surface area contributed by atoms with Gasteiger partial charge in [-0.25, -0.2) is 4.98 Å². The number of hydrogen-bond donors (Lipinski definition) is 1. The Kier molecular flexibility index (Phi) is 3.41. The van der Waals surface area contributed by atoms with Crippen LogP contribution in [0.2, 0.25) is 0 Å². The molecule has 96 valence electrons. The highest BCUT2D eigenvalue weighted by Crippen LogP contribution is 2.32. The summed E-state index contributed by atoms with van der Waals surface area (Å²) in [6, 6.07) is 4.82. The molecule has 1 N–H and O–H groups in total. The standard InChI is InChI=1S/C12H10F3NOS/c1-7(17)10-6-16-11(18-10)8-2-4-9(5-3-8)12(13,14)15/h2-7,17H,1H3/t7-/m0/s1. The number of aliphatic hydroxyl groups is 1. The molecule has 0 bridgehead atoms. The molecule has 0 aliphatic carbocycles. The third-order valence-corrected chi connectivity index (χ3v) is 3.61. The monoisotopic (exact) mass is 273 g/mol. The zero-order chi connectivity index (χ0) is 13.3. The summed E-state index contributed by atoms with van der Waals surface area (Å²) in [6.45, 7) is 1.62. The van der Waals surface area contributed by atoms with E-state index >= 15 is 0 Å². The lowest BCUT2D eigenvalue weighted by molar-refractivity contribution is -0.137. The SMILES string of the molecule is C[C@H](O)c1cnc(-c2ccc(C(F)(F)F)cc2)s1. The first-order chi connectivity index (χ1) is 8.38. The number of halogens is 3. The quantitative estimate of drug-likeness (QED) is 0.900. The van der Waals surface area contributed by atoms with E-state index in [1.54, 1.807) is 6.92 Å². The summed E-state index contributed by atoms with van der Waals surface area (Å²) in [5.41, 5.74) is -0.0709. The van der Waals surface area contributed by atoms with Crippen LogP contribution in [0.25, 0.3) is 10.6 Å². The number of hydrogen-bond acceptors (Lipinski definition) is 3. The molecule has 0 fully saturated rings. The van der Waals surface area contributed by atoms with Crippen LogP contribution in [-0.4, -0.2) is 10.1 Å². The molecule has 1 aromatic heterocycles. The number of rotatable bonds is 2. The first-order valence-electron chi connectivity index (χ1n) is 5.19. The Balaban J connectivity index is 2.29. The highest BCUT2D eigenvalue weighted by molar-refractivity contribution is 7.15. The molecule has 0 saturated heterocycles. The Morgan fingerprint density at radius 2 is 1.83 bits per heavy atom. The Morgan fingerprint density at radius 3 is 2.28 bits per heavy atom. The highest BCUT2D eigenvalue weighted by atomic mass is 32.1.